The molecule has 0 spiro atoms. The zero-order valence-electron chi connectivity index (χ0n) is 28.1. The molecule has 1 aliphatic rings. The van der Waals surface area contributed by atoms with Crippen LogP contribution in [0.15, 0.2) is 30.5 Å². The Labute approximate surface area is 295 Å². The van der Waals surface area contributed by atoms with E-state index in [1.54, 1.807) is 35.1 Å². The molecule has 280 valence electrons. The van der Waals surface area contributed by atoms with Crippen molar-refractivity contribution >= 4 is 29.4 Å². The summed E-state index contributed by atoms with van der Waals surface area (Å²) in [6, 6.07) is 5.32. The van der Waals surface area contributed by atoms with Crippen LogP contribution in [0, 0.1) is 0 Å². The number of carbonyl (C=O) groups is 3. The van der Waals surface area contributed by atoms with Crippen LogP contribution in [0.4, 0.5) is 0 Å². The number of aliphatic hydroxyl groups is 3. The van der Waals surface area contributed by atoms with Gasteiger partial charge in [0.25, 0.3) is 5.79 Å². The molecule has 0 saturated carbocycles. The molecule has 0 bridgehead atoms. The second-order valence-electron chi connectivity index (χ2n) is 12.0. The molecule has 1 aromatic carbocycles. The molecule has 6 atom stereocenters. The van der Waals surface area contributed by atoms with Crippen LogP contribution < -0.4 is 16.4 Å². The number of unbranched alkanes of at least 4 members (excludes halogenated alkanes) is 3. The van der Waals surface area contributed by atoms with Gasteiger partial charge in [-0.15, -0.1) is 5.10 Å². The zero-order valence-corrected chi connectivity index (χ0v) is 28.9. The van der Waals surface area contributed by atoms with E-state index >= 15 is 0 Å². The number of aryl methyl sites for hydroxylation is 1. The maximum atomic E-state index is 12.5. The van der Waals surface area contributed by atoms with Crippen LogP contribution in [0.2, 0.25) is 5.02 Å². The van der Waals surface area contributed by atoms with Gasteiger partial charge in [-0.1, -0.05) is 41.8 Å². The van der Waals surface area contributed by atoms with Crippen LogP contribution in [0.25, 0.3) is 0 Å². The topological polar surface area (TPSA) is 250 Å². The number of aliphatic hydroxyl groups excluding tert-OH is 3. The Bertz CT molecular complexity index is 1340. The molecule has 1 aliphatic heterocycles. The van der Waals surface area contributed by atoms with Crippen molar-refractivity contribution in [2.24, 2.45) is 5.73 Å². The summed E-state index contributed by atoms with van der Waals surface area (Å²) in [4.78, 5) is 36.8. The lowest BCUT2D eigenvalue weighted by molar-refractivity contribution is -0.310. The molecule has 3 rings (SSSR count). The van der Waals surface area contributed by atoms with E-state index in [4.69, 9.17) is 36.3 Å². The van der Waals surface area contributed by atoms with Gasteiger partial charge in [0.2, 0.25) is 11.8 Å². The maximum Gasteiger partial charge on any atom is 0.364 e. The third-order valence-electron chi connectivity index (χ3n) is 7.87. The van der Waals surface area contributed by atoms with E-state index in [0.29, 0.717) is 68.6 Å². The smallest absolute Gasteiger partial charge is 0.364 e. The molecule has 1 aromatic heterocycles. The lowest BCUT2D eigenvalue weighted by Gasteiger charge is -2.46. The minimum Gasteiger partial charge on any atom is -0.477 e. The van der Waals surface area contributed by atoms with Crippen molar-refractivity contribution in [1.82, 2.24) is 25.6 Å². The highest BCUT2D eigenvalue weighted by Gasteiger charge is 2.55. The monoisotopic (exact) mass is 728 g/mol. The molecule has 50 heavy (non-hydrogen) atoms. The number of aromatic nitrogens is 3. The van der Waals surface area contributed by atoms with Gasteiger partial charge >= 0.3 is 5.97 Å². The van der Waals surface area contributed by atoms with E-state index in [1.165, 1.54) is 6.92 Å². The van der Waals surface area contributed by atoms with Crippen molar-refractivity contribution in [3.63, 3.8) is 0 Å². The summed E-state index contributed by atoms with van der Waals surface area (Å²) < 4.78 is 24.0. The highest BCUT2D eigenvalue weighted by molar-refractivity contribution is 6.30. The summed E-state index contributed by atoms with van der Waals surface area (Å²) in [5.41, 5.74) is 6.73. The standard InChI is InChI=1S/C32H49ClN6O11/c1-21(40)36-28-25(41)17-32(31(45)46,50-30(28)29(44)26(42)18-35-27(43)16-22-6-8-23(33)9-7-22)49-12-5-3-2-4-11-39-19-24(37-38-39)20-48-15-14-47-13-10-34/h6-9,19,25-26,28-30,41-42,44H,2-5,10-18,20,34H2,1H3,(H,35,43)(H,36,40)(H,45,46)/t25-,26+,28+,29+,30+,32+/m0/s1. The van der Waals surface area contributed by atoms with E-state index in [-0.39, 0.29) is 13.0 Å². The number of rotatable bonds is 23. The first kappa shape index (κ1) is 41.2. The Morgan fingerprint density at radius 1 is 1.10 bits per heavy atom. The van der Waals surface area contributed by atoms with Gasteiger partial charge < -0.3 is 55.7 Å². The Hall–Kier alpha value is -3.26. The fraction of sp³-hybridized carbons (Fsp3) is 0.656. The number of benzene rings is 1. The van der Waals surface area contributed by atoms with E-state index in [2.05, 4.69) is 20.9 Å². The van der Waals surface area contributed by atoms with Crippen molar-refractivity contribution in [3.05, 3.63) is 46.7 Å². The molecule has 1 saturated heterocycles. The highest BCUT2D eigenvalue weighted by Crippen LogP contribution is 2.34. The van der Waals surface area contributed by atoms with Gasteiger partial charge in [-0.25, -0.2) is 4.79 Å². The first-order chi connectivity index (χ1) is 23.9. The lowest BCUT2D eigenvalue weighted by atomic mass is 9.88. The van der Waals surface area contributed by atoms with Gasteiger partial charge in [0, 0.05) is 38.0 Å². The Kier molecular flexibility index (Phi) is 17.4. The number of carboxylic acid groups (broad SMARTS) is 1. The van der Waals surface area contributed by atoms with Gasteiger partial charge in [0.15, 0.2) is 0 Å². The van der Waals surface area contributed by atoms with Crippen LogP contribution in [0.5, 0.6) is 0 Å². The summed E-state index contributed by atoms with van der Waals surface area (Å²) >= 11 is 5.87. The molecule has 0 unspecified atom stereocenters. The van der Waals surface area contributed by atoms with Gasteiger partial charge in [0.1, 0.15) is 17.9 Å². The number of hydrogen-bond donors (Lipinski definition) is 7. The molecular weight excluding hydrogens is 680 g/mol. The SMILES string of the molecule is CC(=O)N[C@H]1[C@H]([C@H](O)[C@H](O)CNC(=O)Cc2ccc(Cl)cc2)O[C@@](OCCCCCCn2cc(COCCOCCN)nn2)(C(=O)O)C[C@@H]1O. The third kappa shape index (κ3) is 13.5. The lowest BCUT2D eigenvalue weighted by Crippen LogP contribution is -2.68. The maximum absolute atomic E-state index is 12.5. The second kappa shape index (κ2) is 21.2. The molecule has 8 N–H and O–H groups in total. The molecule has 18 heteroatoms. The molecule has 2 amide bonds. The molecule has 17 nitrogen and oxygen atoms in total. The molecule has 1 fully saturated rings. The molecular formula is C32H49ClN6O11. The number of halogens is 1. The summed E-state index contributed by atoms with van der Waals surface area (Å²) in [6.45, 7) is 3.46. The summed E-state index contributed by atoms with van der Waals surface area (Å²) in [5, 5.41) is 56.5. The minimum atomic E-state index is -2.37. The van der Waals surface area contributed by atoms with E-state index in [9.17, 15) is 34.8 Å². The van der Waals surface area contributed by atoms with Gasteiger partial charge in [-0.2, -0.15) is 0 Å². The molecule has 0 aliphatic carbocycles. The molecule has 0 radical (unpaired) electrons. The van der Waals surface area contributed by atoms with Crippen LogP contribution >= 0.6 is 11.6 Å². The van der Waals surface area contributed by atoms with Crippen molar-refractivity contribution in [2.75, 3.05) is 39.5 Å². The Morgan fingerprint density at radius 2 is 1.82 bits per heavy atom. The van der Waals surface area contributed by atoms with Crippen molar-refractivity contribution in [3.8, 4) is 0 Å². The number of ether oxygens (including phenoxy) is 4. The first-order valence-corrected chi connectivity index (χ1v) is 16.9. The van der Waals surface area contributed by atoms with Crippen LogP contribution in [-0.2, 0) is 52.9 Å². The summed E-state index contributed by atoms with van der Waals surface area (Å²) in [6.07, 6.45) is -2.69. The predicted molar refractivity (Wildman–Crippen MR) is 178 cm³/mol. The number of amides is 2. The van der Waals surface area contributed by atoms with E-state index in [1.807, 2.05) is 0 Å². The molecule has 2 aromatic rings. The van der Waals surface area contributed by atoms with Crippen LogP contribution in [0.1, 0.15) is 50.3 Å². The second-order valence-corrected chi connectivity index (χ2v) is 12.4. The zero-order chi connectivity index (χ0) is 36.5. The summed E-state index contributed by atoms with van der Waals surface area (Å²) in [5.74, 6) is -4.95. The number of hydrogen-bond acceptors (Lipinski definition) is 13. The summed E-state index contributed by atoms with van der Waals surface area (Å²) in [7, 11) is 0. The molecule has 2 heterocycles. The fourth-order valence-corrected chi connectivity index (χ4v) is 5.44. The van der Waals surface area contributed by atoms with Crippen molar-refractivity contribution in [2.45, 2.75) is 94.8 Å². The number of nitrogens with zero attached hydrogens (tertiary/aromatic N) is 3. The van der Waals surface area contributed by atoms with Crippen LogP contribution in [0.3, 0.4) is 0 Å². The normalized spacial score (nSPS) is 21.8. The van der Waals surface area contributed by atoms with E-state index in [0.717, 1.165) is 12.8 Å². The third-order valence-corrected chi connectivity index (χ3v) is 8.12. The predicted octanol–water partition coefficient (Wildman–Crippen LogP) is -0.483. The van der Waals surface area contributed by atoms with Crippen LogP contribution in [-0.4, -0.2) is 129 Å². The van der Waals surface area contributed by atoms with E-state index < -0.39 is 67.0 Å². The number of carboxylic acids is 1. The van der Waals surface area contributed by atoms with Gasteiger partial charge in [-0.3, -0.25) is 14.3 Å². The van der Waals surface area contributed by atoms with Gasteiger partial charge in [0.05, 0.1) is 63.9 Å². The minimum absolute atomic E-state index is 0.0209. The number of aliphatic carboxylic acids is 1. The number of carbonyl (C=O) groups excluding carboxylic acids is 2. The van der Waals surface area contributed by atoms with Gasteiger partial charge in [-0.05, 0) is 30.5 Å². The Morgan fingerprint density at radius 3 is 2.52 bits per heavy atom. The van der Waals surface area contributed by atoms with Crippen molar-refractivity contribution in [1.29, 1.82) is 0 Å². The average molecular weight is 729 g/mol. The first-order valence-electron chi connectivity index (χ1n) is 16.6. The fourth-order valence-electron chi connectivity index (χ4n) is 5.32. The largest absolute Gasteiger partial charge is 0.477 e. The number of nitrogens with one attached hydrogen (secondary N) is 2. The Balaban J connectivity index is 1.48. The number of nitrogens with two attached hydrogens (primary N) is 1. The highest BCUT2D eigenvalue weighted by atomic mass is 35.5. The van der Waals surface area contributed by atoms with Crippen molar-refractivity contribution < 1.29 is 53.8 Å². The average Bonchev–Trinajstić information content (AvgIpc) is 3.53. The quantitative estimate of drug-likeness (QED) is 0.0714.